The number of aryl methyl sites for hydroxylation is 1. The van der Waals surface area contributed by atoms with Crippen LogP contribution in [0.2, 0.25) is 0 Å². The third-order valence-electron chi connectivity index (χ3n) is 5.99. The van der Waals surface area contributed by atoms with Crippen LogP contribution < -0.4 is 0 Å². The molecule has 1 saturated carbocycles. The van der Waals surface area contributed by atoms with E-state index in [1.54, 1.807) is 0 Å². The number of rotatable bonds is 4. The number of carbonyl (C=O) groups is 2. The molecule has 1 atom stereocenters. The molecule has 4 rings (SSSR count). The predicted molar refractivity (Wildman–Crippen MR) is 122 cm³/mol. The van der Waals surface area contributed by atoms with Crippen LogP contribution in [0.4, 0.5) is 0 Å². The lowest BCUT2D eigenvalue weighted by atomic mass is 9.81. The highest BCUT2D eigenvalue weighted by molar-refractivity contribution is 6.24. The van der Waals surface area contributed by atoms with E-state index < -0.39 is 0 Å². The molecule has 1 N–H and O–H groups in total. The van der Waals surface area contributed by atoms with E-state index in [2.05, 4.69) is 10.1 Å². The second kappa shape index (κ2) is 8.85. The van der Waals surface area contributed by atoms with Crippen molar-refractivity contribution < 1.29 is 19.2 Å². The van der Waals surface area contributed by atoms with Gasteiger partial charge in [-0.2, -0.15) is 0 Å². The summed E-state index contributed by atoms with van der Waals surface area (Å²) in [6.07, 6.45) is 3.45. The summed E-state index contributed by atoms with van der Waals surface area (Å²) >= 11 is 0. The van der Waals surface area contributed by atoms with Crippen molar-refractivity contribution in [3.8, 4) is 0 Å². The summed E-state index contributed by atoms with van der Waals surface area (Å²) in [5, 5.41) is 15.0. The highest BCUT2D eigenvalue weighted by atomic mass is 16.5. The topological polar surface area (TPSA) is 92.8 Å². The Morgan fingerprint density at radius 3 is 2.59 bits per heavy atom. The minimum atomic E-state index is -0.328. The molecule has 32 heavy (non-hydrogen) atoms. The Labute approximate surface area is 188 Å². The molecule has 2 aliphatic rings. The summed E-state index contributed by atoms with van der Waals surface area (Å²) in [5.74, 6) is 0.678. The van der Waals surface area contributed by atoms with Crippen LogP contribution in [0.15, 0.2) is 51.2 Å². The maximum atomic E-state index is 12.9. The molecule has 2 aromatic rings. The van der Waals surface area contributed by atoms with Crippen molar-refractivity contribution >= 4 is 17.3 Å². The van der Waals surface area contributed by atoms with Gasteiger partial charge in [0.2, 0.25) is 0 Å². The number of aliphatic hydroxyl groups is 1. The van der Waals surface area contributed by atoms with E-state index in [-0.39, 0.29) is 35.2 Å². The van der Waals surface area contributed by atoms with Crippen LogP contribution in [0, 0.1) is 0 Å². The highest BCUT2D eigenvalue weighted by Crippen LogP contribution is 2.35. The Kier molecular flexibility index (Phi) is 6.13. The quantitative estimate of drug-likeness (QED) is 0.519. The molecule has 0 amide bonds. The van der Waals surface area contributed by atoms with Gasteiger partial charge in [-0.05, 0) is 45.1 Å². The van der Waals surface area contributed by atoms with Gasteiger partial charge in [-0.3, -0.25) is 14.6 Å². The number of aliphatic hydroxyl groups excluding tert-OH is 1. The third-order valence-corrected chi connectivity index (χ3v) is 5.99. The number of ketones is 2. The lowest BCUT2D eigenvalue weighted by molar-refractivity contribution is -0.115. The summed E-state index contributed by atoms with van der Waals surface area (Å²) in [7, 11) is 0. The number of Topliss-reactive ketones (excluding diaryl/α,β-unsaturated/α-hetero) is 2. The second-order valence-corrected chi connectivity index (χ2v) is 9.69. The van der Waals surface area contributed by atoms with Crippen LogP contribution in [-0.4, -0.2) is 33.1 Å². The van der Waals surface area contributed by atoms with Crippen molar-refractivity contribution in [3.05, 3.63) is 64.2 Å². The first-order valence-electron chi connectivity index (χ1n) is 11.3. The smallest absolute Gasteiger partial charge is 0.168 e. The zero-order valence-electron chi connectivity index (χ0n) is 19.0. The van der Waals surface area contributed by atoms with Crippen LogP contribution >= 0.6 is 0 Å². The standard InChI is InChI=1S/C26H30N2O4/c1-26(2,3)27-18-10-7-11-20(29)24(18)21(30)13-12-19-25-22(31)14-17(15-23(25)32-28-19)16-8-5-4-6-9-16/h4-6,8-9,17,30H,7,10-15H2,1-3H3. The maximum absolute atomic E-state index is 12.9. The minimum Gasteiger partial charge on any atom is -0.511 e. The molecule has 0 bridgehead atoms. The number of aliphatic imine (C=N–C) groups is 1. The fourth-order valence-electron chi connectivity index (χ4n) is 4.60. The first-order chi connectivity index (χ1) is 15.2. The molecule has 1 aromatic carbocycles. The number of fused-ring (bicyclic) bond motifs is 1. The zero-order valence-corrected chi connectivity index (χ0v) is 19.0. The van der Waals surface area contributed by atoms with Gasteiger partial charge in [-0.15, -0.1) is 0 Å². The first-order valence-corrected chi connectivity index (χ1v) is 11.3. The summed E-state index contributed by atoms with van der Waals surface area (Å²) < 4.78 is 5.54. The zero-order chi connectivity index (χ0) is 22.9. The number of hydrogen-bond donors (Lipinski definition) is 1. The van der Waals surface area contributed by atoms with Gasteiger partial charge in [0, 0.05) is 37.8 Å². The van der Waals surface area contributed by atoms with Crippen molar-refractivity contribution in [1.82, 2.24) is 5.16 Å². The molecular formula is C26H30N2O4. The fourth-order valence-corrected chi connectivity index (χ4v) is 4.60. The highest BCUT2D eigenvalue weighted by Gasteiger charge is 2.33. The van der Waals surface area contributed by atoms with Gasteiger partial charge in [0.15, 0.2) is 11.6 Å². The average Bonchev–Trinajstić information content (AvgIpc) is 3.15. The Bertz CT molecular complexity index is 1090. The predicted octanol–water partition coefficient (Wildman–Crippen LogP) is 5.32. The summed E-state index contributed by atoms with van der Waals surface area (Å²) in [5.41, 5.74) is 2.92. The van der Waals surface area contributed by atoms with Crippen LogP contribution in [0.1, 0.15) is 86.2 Å². The van der Waals surface area contributed by atoms with Gasteiger partial charge in [0.05, 0.1) is 22.4 Å². The molecule has 1 heterocycles. The Morgan fingerprint density at radius 2 is 1.88 bits per heavy atom. The van der Waals surface area contributed by atoms with Gasteiger partial charge >= 0.3 is 0 Å². The van der Waals surface area contributed by atoms with Crippen LogP contribution in [-0.2, 0) is 17.6 Å². The number of hydrogen-bond acceptors (Lipinski definition) is 6. The normalized spacial score (nSPS) is 22.2. The second-order valence-electron chi connectivity index (χ2n) is 9.69. The van der Waals surface area contributed by atoms with Crippen LogP contribution in [0.5, 0.6) is 0 Å². The maximum Gasteiger partial charge on any atom is 0.168 e. The minimum absolute atomic E-state index is 0.0206. The number of carbonyl (C=O) groups excluding carboxylic acids is 2. The van der Waals surface area contributed by atoms with E-state index in [9.17, 15) is 14.7 Å². The van der Waals surface area contributed by atoms with Crippen LogP contribution in [0.3, 0.4) is 0 Å². The third kappa shape index (κ3) is 4.74. The molecule has 168 valence electrons. The van der Waals surface area contributed by atoms with E-state index in [0.717, 1.165) is 12.0 Å². The van der Waals surface area contributed by atoms with Crippen molar-refractivity contribution in [2.24, 2.45) is 4.99 Å². The van der Waals surface area contributed by atoms with Gasteiger partial charge < -0.3 is 9.63 Å². The summed E-state index contributed by atoms with van der Waals surface area (Å²) in [4.78, 5) is 30.1. The molecule has 0 aliphatic heterocycles. The number of aromatic nitrogens is 1. The van der Waals surface area contributed by atoms with Crippen molar-refractivity contribution in [3.63, 3.8) is 0 Å². The van der Waals surface area contributed by atoms with E-state index in [4.69, 9.17) is 4.52 Å². The lowest BCUT2D eigenvalue weighted by Crippen LogP contribution is -2.25. The SMILES string of the molecule is CC(C)(C)N=C1CCCC(=O)C1=C(O)CCc1noc2c1C(=O)CC(c1ccccc1)C2. The fraction of sp³-hybridized carbons (Fsp3) is 0.462. The number of allylic oxidation sites excluding steroid dienone is 2. The van der Waals surface area contributed by atoms with E-state index in [1.807, 2.05) is 51.1 Å². The van der Waals surface area contributed by atoms with E-state index in [0.29, 0.717) is 60.4 Å². The Morgan fingerprint density at radius 1 is 1.12 bits per heavy atom. The molecule has 6 nitrogen and oxygen atoms in total. The molecule has 1 unspecified atom stereocenters. The summed E-state index contributed by atoms with van der Waals surface area (Å²) in [6, 6.07) is 9.97. The Balaban J connectivity index is 1.54. The monoisotopic (exact) mass is 434 g/mol. The van der Waals surface area contributed by atoms with Gasteiger partial charge in [-0.1, -0.05) is 35.5 Å². The number of benzene rings is 1. The largest absolute Gasteiger partial charge is 0.511 e. The molecule has 2 aliphatic carbocycles. The van der Waals surface area contributed by atoms with Crippen LogP contribution in [0.25, 0.3) is 0 Å². The molecule has 1 fully saturated rings. The number of nitrogens with zero attached hydrogens (tertiary/aromatic N) is 2. The molecule has 0 saturated heterocycles. The molecular weight excluding hydrogens is 404 g/mol. The van der Waals surface area contributed by atoms with Gasteiger partial charge in [0.25, 0.3) is 0 Å². The molecule has 1 aromatic heterocycles. The molecule has 0 spiro atoms. The van der Waals surface area contributed by atoms with Gasteiger partial charge in [-0.25, -0.2) is 0 Å². The Hall–Kier alpha value is -3.02. The molecule has 6 heteroatoms. The lowest BCUT2D eigenvalue weighted by Gasteiger charge is -2.22. The first kappa shape index (κ1) is 22.2. The molecule has 0 radical (unpaired) electrons. The van der Waals surface area contributed by atoms with Crippen molar-refractivity contribution in [1.29, 1.82) is 0 Å². The average molecular weight is 435 g/mol. The van der Waals surface area contributed by atoms with Gasteiger partial charge in [0.1, 0.15) is 11.5 Å². The van der Waals surface area contributed by atoms with Crippen molar-refractivity contribution in [2.45, 2.75) is 77.2 Å². The van der Waals surface area contributed by atoms with Crippen molar-refractivity contribution in [2.75, 3.05) is 0 Å². The van der Waals surface area contributed by atoms with E-state index in [1.165, 1.54) is 0 Å². The van der Waals surface area contributed by atoms with E-state index >= 15 is 0 Å². The summed E-state index contributed by atoms with van der Waals surface area (Å²) in [6.45, 7) is 5.93.